The van der Waals surface area contributed by atoms with Crippen LogP contribution < -0.4 is 10.6 Å². The average molecular weight is 350 g/mol. The molecule has 0 spiro atoms. The highest BCUT2D eigenvalue weighted by molar-refractivity contribution is 7.80. The molecule has 0 aliphatic heterocycles. The smallest absolute Gasteiger partial charge is 0.341 e. The van der Waals surface area contributed by atoms with E-state index >= 15 is 0 Å². The largest absolute Gasteiger partial charge is 0.465 e. The average Bonchev–Trinajstić information content (AvgIpc) is 3.14. The third-order valence-electron chi connectivity index (χ3n) is 3.89. The summed E-state index contributed by atoms with van der Waals surface area (Å²) < 4.78 is 6.70. The predicted molar refractivity (Wildman–Crippen MR) is 95.5 cm³/mol. The molecule has 0 saturated heterocycles. The van der Waals surface area contributed by atoms with Gasteiger partial charge in [-0.3, -0.25) is 4.68 Å². The van der Waals surface area contributed by atoms with E-state index in [1.54, 1.807) is 16.0 Å². The molecule has 2 heterocycles. The first-order valence-corrected chi connectivity index (χ1v) is 8.53. The number of thiocarbonyl (C=S) groups is 1. The monoisotopic (exact) mass is 350 g/mol. The molecule has 0 aromatic carbocycles. The highest BCUT2D eigenvalue weighted by Crippen LogP contribution is 2.39. The van der Waals surface area contributed by atoms with Gasteiger partial charge in [0.2, 0.25) is 0 Å². The molecule has 23 heavy (non-hydrogen) atoms. The third kappa shape index (κ3) is 3.09. The summed E-state index contributed by atoms with van der Waals surface area (Å²) in [6.45, 7) is 1.97. The summed E-state index contributed by atoms with van der Waals surface area (Å²) in [5.74, 6) is 0.356. The molecule has 1 aliphatic rings. The summed E-state index contributed by atoms with van der Waals surface area (Å²) in [6, 6.07) is 1.91. The molecule has 0 radical (unpaired) electrons. The predicted octanol–water partition coefficient (Wildman–Crippen LogP) is 2.87. The van der Waals surface area contributed by atoms with Crippen molar-refractivity contribution in [3.63, 3.8) is 0 Å². The van der Waals surface area contributed by atoms with Crippen LogP contribution in [-0.4, -0.2) is 28.0 Å². The Morgan fingerprint density at radius 1 is 1.43 bits per heavy atom. The molecule has 0 atom stereocenters. The van der Waals surface area contributed by atoms with Crippen LogP contribution in [0.4, 0.5) is 10.8 Å². The van der Waals surface area contributed by atoms with Crippen LogP contribution in [0.5, 0.6) is 0 Å². The standard InChI is InChI=1S/C15H18N4O2S2/c1-8-7-11(18-19(8)2)16-15(22)17-13-12(14(20)21-3)9-5-4-6-10(9)23-13/h7H,4-6H2,1-3H3,(H2,16,17,18,22). The first-order chi connectivity index (χ1) is 11.0. The minimum Gasteiger partial charge on any atom is -0.465 e. The third-order valence-corrected chi connectivity index (χ3v) is 5.30. The van der Waals surface area contributed by atoms with Gasteiger partial charge in [0, 0.05) is 23.7 Å². The van der Waals surface area contributed by atoms with Crippen LogP contribution in [0.3, 0.4) is 0 Å². The second kappa shape index (κ2) is 6.29. The summed E-state index contributed by atoms with van der Waals surface area (Å²) in [4.78, 5) is 13.3. The lowest BCUT2D eigenvalue weighted by Gasteiger charge is -2.09. The fourth-order valence-corrected chi connectivity index (χ4v) is 4.24. The fourth-order valence-electron chi connectivity index (χ4n) is 2.68. The molecule has 2 aromatic rings. The van der Waals surface area contributed by atoms with Crippen molar-refractivity contribution in [2.45, 2.75) is 26.2 Å². The molecule has 0 unspecified atom stereocenters. The number of fused-ring (bicyclic) bond motifs is 1. The molecule has 0 fully saturated rings. The van der Waals surface area contributed by atoms with Crippen molar-refractivity contribution in [1.29, 1.82) is 0 Å². The van der Waals surface area contributed by atoms with Gasteiger partial charge in [-0.15, -0.1) is 11.3 Å². The number of ether oxygens (including phenoxy) is 1. The number of carbonyl (C=O) groups is 1. The lowest BCUT2D eigenvalue weighted by atomic mass is 10.1. The van der Waals surface area contributed by atoms with E-state index in [9.17, 15) is 4.79 Å². The van der Waals surface area contributed by atoms with E-state index in [2.05, 4.69) is 15.7 Å². The van der Waals surface area contributed by atoms with Crippen molar-refractivity contribution < 1.29 is 9.53 Å². The van der Waals surface area contributed by atoms with E-state index in [-0.39, 0.29) is 5.97 Å². The van der Waals surface area contributed by atoms with E-state index in [0.717, 1.165) is 35.5 Å². The minimum absolute atomic E-state index is 0.316. The zero-order valence-electron chi connectivity index (χ0n) is 13.2. The topological polar surface area (TPSA) is 68.2 Å². The molecule has 0 amide bonds. The molecule has 2 aromatic heterocycles. The first kappa shape index (κ1) is 15.9. The molecule has 8 heteroatoms. The van der Waals surface area contributed by atoms with Gasteiger partial charge in [0.05, 0.1) is 12.7 Å². The first-order valence-electron chi connectivity index (χ1n) is 7.31. The number of esters is 1. The normalized spacial score (nSPS) is 12.8. The molecule has 0 bridgehead atoms. The van der Waals surface area contributed by atoms with Crippen LogP contribution in [0.2, 0.25) is 0 Å². The van der Waals surface area contributed by atoms with Crippen molar-refractivity contribution in [2.75, 3.05) is 17.7 Å². The minimum atomic E-state index is -0.316. The molecule has 1 aliphatic carbocycles. The number of nitrogens with one attached hydrogen (secondary N) is 2. The van der Waals surface area contributed by atoms with Crippen LogP contribution in [0.15, 0.2) is 6.07 Å². The van der Waals surface area contributed by atoms with Gasteiger partial charge in [-0.05, 0) is 44.0 Å². The number of nitrogens with zero attached hydrogens (tertiary/aromatic N) is 2. The van der Waals surface area contributed by atoms with Crippen molar-refractivity contribution in [3.05, 3.63) is 27.8 Å². The summed E-state index contributed by atoms with van der Waals surface area (Å²) >= 11 is 6.92. The van der Waals surface area contributed by atoms with Crippen LogP contribution in [0.1, 0.15) is 32.9 Å². The van der Waals surface area contributed by atoms with Crippen LogP contribution >= 0.6 is 23.6 Å². The van der Waals surface area contributed by atoms with Crippen molar-refractivity contribution in [3.8, 4) is 0 Å². The van der Waals surface area contributed by atoms with Gasteiger partial charge in [-0.2, -0.15) is 5.10 Å². The SMILES string of the molecule is COC(=O)c1c(NC(=S)Nc2cc(C)n(C)n2)sc2c1CCC2. The van der Waals surface area contributed by atoms with Gasteiger partial charge in [-0.25, -0.2) is 4.79 Å². The molecular formula is C15H18N4O2S2. The summed E-state index contributed by atoms with van der Waals surface area (Å²) in [7, 11) is 3.27. The Bertz CT molecular complexity index is 759. The molecule has 0 saturated carbocycles. The Morgan fingerprint density at radius 2 is 2.22 bits per heavy atom. The summed E-state index contributed by atoms with van der Waals surface area (Å²) in [5, 5.41) is 11.6. The number of thiophene rings is 1. The second-order valence-corrected chi connectivity index (χ2v) is 6.94. The quantitative estimate of drug-likeness (QED) is 0.655. The Labute approximate surface area is 143 Å². The van der Waals surface area contributed by atoms with Crippen molar-refractivity contribution in [1.82, 2.24) is 9.78 Å². The Morgan fingerprint density at radius 3 is 2.87 bits per heavy atom. The second-order valence-electron chi connectivity index (χ2n) is 5.43. The number of rotatable bonds is 3. The van der Waals surface area contributed by atoms with E-state index < -0.39 is 0 Å². The van der Waals surface area contributed by atoms with Gasteiger partial charge in [0.1, 0.15) is 5.00 Å². The maximum atomic E-state index is 12.1. The van der Waals surface area contributed by atoms with Crippen LogP contribution in [0, 0.1) is 6.92 Å². The van der Waals surface area contributed by atoms with E-state index in [1.807, 2.05) is 20.0 Å². The van der Waals surface area contributed by atoms with E-state index in [4.69, 9.17) is 17.0 Å². The number of carbonyl (C=O) groups excluding carboxylic acids is 1. The van der Waals surface area contributed by atoms with Gasteiger partial charge in [-0.1, -0.05) is 0 Å². The molecule has 3 rings (SSSR count). The molecule has 122 valence electrons. The Kier molecular flexibility index (Phi) is 4.36. The zero-order chi connectivity index (χ0) is 16.6. The molecule has 2 N–H and O–H groups in total. The van der Waals surface area contributed by atoms with Crippen molar-refractivity contribution >= 4 is 45.5 Å². The number of methoxy groups -OCH3 is 1. The zero-order valence-corrected chi connectivity index (χ0v) is 14.9. The van der Waals surface area contributed by atoms with Crippen LogP contribution in [0.25, 0.3) is 0 Å². The number of aromatic nitrogens is 2. The molecule has 6 nitrogen and oxygen atoms in total. The van der Waals surface area contributed by atoms with Gasteiger partial charge in [0.25, 0.3) is 0 Å². The van der Waals surface area contributed by atoms with Crippen LogP contribution in [-0.2, 0) is 24.6 Å². The van der Waals surface area contributed by atoms with E-state index in [0.29, 0.717) is 16.5 Å². The maximum absolute atomic E-state index is 12.1. The van der Waals surface area contributed by atoms with Gasteiger partial charge < -0.3 is 15.4 Å². The van der Waals surface area contributed by atoms with Crippen molar-refractivity contribution in [2.24, 2.45) is 7.05 Å². The summed E-state index contributed by atoms with van der Waals surface area (Å²) in [5.41, 5.74) is 2.74. The maximum Gasteiger partial charge on any atom is 0.341 e. The lowest BCUT2D eigenvalue weighted by molar-refractivity contribution is 0.0601. The lowest BCUT2D eigenvalue weighted by Crippen LogP contribution is -2.20. The number of aryl methyl sites for hydroxylation is 3. The molecular weight excluding hydrogens is 332 g/mol. The Balaban J connectivity index is 1.79. The van der Waals surface area contributed by atoms with E-state index in [1.165, 1.54) is 12.0 Å². The van der Waals surface area contributed by atoms with Gasteiger partial charge >= 0.3 is 5.97 Å². The van der Waals surface area contributed by atoms with Gasteiger partial charge in [0.15, 0.2) is 10.9 Å². The highest BCUT2D eigenvalue weighted by Gasteiger charge is 2.27. The Hall–Kier alpha value is -1.93. The summed E-state index contributed by atoms with van der Waals surface area (Å²) in [6.07, 6.45) is 3.00. The number of anilines is 2. The number of hydrogen-bond acceptors (Lipinski definition) is 5. The fraction of sp³-hybridized carbons (Fsp3) is 0.400. The highest BCUT2D eigenvalue weighted by atomic mass is 32.1. The number of hydrogen-bond donors (Lipinski definition) is 2.